The SMILES string of the molecule is Cc1cc(Br)ccc1NC(=O)N1CSC[C@H]1C(=O)O. The van der Waals surface area contributed by atoms with Crippen molar-refractivity contribution in [3.8, 4) is 0 Å². The van der Waals surface area contributed by atoms with Gasteiger partial charge in [-0.1, -0.05) is 15.9 Å². The number of urea groups is 1. The molecule has 1 saturated heterocycles. The predicted octanol–water partition coefficient (Wildman–Crippen LogP) is 2.75. The molecule has 0 radical (unpaired) electrons. The van der Waals surface area contributed by atoms with Gasteiger partial charge in [0.15, 0.2) is 0 Å². The van der Waals surface area contributed by atoms with Crippen LogP contribution in [0.1, 0.15) is 5.56 Å². The van der Waals surface area contributed by atoms with Crippen molar-refractivity contribution >= 4 is 45.4 Å². The van der Waals surface area contributed by atoms with Crippen molar-refractivity contribution in [1.82, 2.24) is 4.90 Å². The minimum Gasteiger partial charge on any atom is -0.480 e. The summed E-state index contributed by atoms with van der Waals surface area (Å²) >= 11 is 4.79. The number of nitrogens with zero attached hydrogens (tertiary/aromatic N) is 1. The van der Waals surface area contributed by atoms with Gasteiger partial charge in [-0.15, -0.1) is 11.8 Å². The first kappa shape index (κ1) is 14.2. The van der Waals surface area contributed by atoms with Crippen LogP contribution in [0.3, 0.4) is 0 Å². The van der Waals surface area contributed by atoms with Crippen LogP contribution in [0.25, 0.3) is 0 Å². The van der Waals surface area contributed by atoms with Crippen LogP contribution in [-0.2, 0) is 4.79 Å². The molecule has 1 aromatic rings. The van der Waals surface area contributed by atoms with Gasteiger partial charge < -0.3 is 15.3 Å². The van der Waals surface area contributed by atoms with Crippen molar-refractivity contribution < 1.29 is 14.7 Å². The topological polar surface area (TPSA) is 69.6 Å². The monoisotopic (exact) mass is 344 g/mol. The molecule has 1 aliphatic heterocycles. The second-order valence-corrected chi connectivity index (χ2v) is 6.13. The maximum atomic E-state index is 12.1. The number of rotatable bonds is 2. The number of hydrogen-bond donors (Lipinski definition) is 2. The number of halogens is 1. The highest BCUT2D eigenvalue weighted by Crippen LogP contribution is 2.24. The largest absolute Gasteiger partial charge is 0.480 e. The number of anilines is 1. The van der Waals surface area contributed by atoms with E-state index in [1.54, 1.807) is 6.07 Å². The van der Waals surface area contributed by atoms with Crippen molar-refractivity contribution in [3.05, 3.63) is 28.2 Å². The number of carboxylic acids is 1. The molecule has 7 heteroatoms. The molecule has 2 rings (SSSR count). The van der Waals surface area contributed by atoms with Crippen molar-refractivity contribution in [2.45, 2.75) is 13.0 Å². The van der Waals surface area contributed by atoms with Crippen LogP contribution in [0.2, 0.25) is 0 Å². The van der Waals surface area contributed by atoms with E-state index < -0.39 is 12.0 Å². The minimum absolute atomic E-state index is 0.372. The zero-order chi connectivity index (χ0) is 14.0. The van der Waals surface area contributed by atoms with Gasteiger partial charge in [0.2, 0.25) is 0 Å². The lowest BCUT2D eigenvalue weighted by molar-refractivity contribution is -0.140. The molecule has 1 atom stereocenters. The average Bonchev–Trinajstić information content (AvgIpc) is 2.82. The number of thioether (sulfide) groups is 1. The van der Waals surface area contributed by atoms with E-state index in [1.165, 1.54) is 16.7 Å². The summed E-state index contributed by atoms with van der Waals surface area (Å²) in [7, 11) is 0. The summed E-state index contributed by atoms with van der Waals surface area (Å²) in [5, 5.41) is 11.8. The predicted molar refractivity (Wildman–Crippen MR) is 78.5 cm³/mol. The fraction of sp³-hybridized carbons (Fsp3) is 0.333. The number of carboxylic acid groups (broad SMARTS) is 1. The van der Waals surface area contributed by atoms with Gasteiger partial charge in [-0.3, -0.25) is 0 Å². The van der Waals surface area contributed by atoms with Crippen LogP contribution in [0.5, 0.6) is 0 Å². The summed E-state index contributed by atoms with van der Waals surface area (Å²) < 4.78 is 0.933. The maximum absolute atomic E-state index is 12.1. The molecule has 19 heavy (non-hydrogen) atoms. The van der Waals surface area contributed by atoms with Crippen LogP contribution in [0, 0.1) is 6.92 Å². The standard InChI is InChI=1S/C12H13BrN2O3S/c1-7-4-8(13)2-3-9(7)14-12(18)15-6-19-5-10(15)11(16)17/h2-4,10H,5-6H2,1H3,(H,14,18)(H,16,17)/t10-/m0/s1. The highest BCUT2D eigenvalue weighted by Gasteiger charge is 2.34. The molecule has 5 nitrogen and oxygen atoms in total. The van der Waals surface area contributed by atoms with Gasteiger partial charge >= 0.3 is 12.0 Å². The quantitative estimate of drug-likeness (QED) is 0.865. The van der Waals surface area contributed by atoms with E-state index in [0.29, 0.717) is 17.3 Å². The zero-order valence-corrected chi connectivity index (χ0v) is 12.6. The molecular weight excluding hydrogens is 332 g/mol. The van der Waals surface area contributed by atoms with E-state index in [4.69, 9.17) is 5.11 Å². The lowest BCUT2D eigenvalue weighted by Crippen LogP contribution is -2.44. The summed E-state index contributed by atoms with van der Waals surface area (Å²) in [6.45, 7) is 1.88. The fourth-order valence-corrected chi connectivity index (χ4v) is 3.42. The van der Waals surface area contributed by atoms with Gasteiger partial charge in [0.05, 0.1) is 5.88 Å². The Bertz CT molecular complexity index is 524. The Morgan fingerprint density at radius 3 is 2.89 bits per heavy atom. The number of aliphatic carboxylic acids is 1. The first-order chi connectivity index (χ1) is 8.99. The van der Waals surface area contributed by atoms with Gasteiger partial charge in [-0.05, 0) is 30.7 Å². The Kier molecular flexibility index (Phi) is 4.36. The Labute approximate surface area is 123 Å². The molecule has 0 unspecified atom stereocenters. The van der Waals surface area contributed by atoms with Gasteiger partial charge in [0.25, 0.3) is 0 Å². The number of hydrogen-bond acceptors (Lipinski definition) is 3. The molecular formula is C12H13BrN2O3S. The second kappa shape index (κ2) is 5.83. The third-order valence-electron chi connectivity index (χ3n) is 2.86. The van der Waals surface area contributed by atoms with Gasteiger partial charge in [-0.25, -0.2) is 9.59 Å². The molecule has 0 aromatic heterocycles. The molecule has 1 heterocycles. The summed E-state index contributed by atoms with van der Waals surface area (Å²) in [4.78, 5) is 24.5. The average molecular weight is 345 g/mol. The summed E-state index contributed by atoms with van der Waals surface area (Å²) in [5.41, 5.74) is 1.61. The molecule has 0 aliphatic carbocycles. The molecule has 0 saturated carbocycles. The second-order valence-electron chi connectivity index (χ2n) is 4.21. The highest BCUT2D eigenvalue weighted by molar-refractivity contribution is 9.10. The Morgan fingerprint density at radius 2 is 2.26 bits per heavy atom. The number of nitrogens with one attached hydrogen (secondary N) is 1. The molecule has 0 bridgehead atoms. The molecule has 2 amide bonds. The third-order valence-corrected chi connectivity index (χ3v) is 4.36. The lowest BCUT2D eigenvalue weighted by Gasteiger charge is -2.21. The number of carbonyl (C=O) groups excluding carboxylic acids is 1. The smallest absolute Gasteiger partial charge is 0.327 e. The van der Waals surface area contributed by atoms with Crippen molar-refractivity contribution in [2.75, 3.05) is 16.9 Å². The number of benzene rings is 1. The van der Waals surface area contributed by atoms with Crippen LogP contribution in [-0.4, -0.2) is 39.7 Å². The highest BCUT2D eigenvalue weighted by atomic mass is 79.9. The van der Waals surface area contributed by atoms with Crippen LogP contribution >= 0.6 is 27.7 Å². The van der Waals surface area contributed by atoms with E-state index in [9.17, 15) is 9.59 Å². The Balaban J connectivity index is 2.10. The van der Waals surface area contributed by atoms with Crippen LogP contribution in [0.4, 0.5) is 10.5 Å². The Hall–Kier alpha value is -1.21. The van der Waals surface area contributed by atoms with E-state index >= 15 is 0 Å². The van der Waals surface area contributed by atoms with Gasteiger partial charge in [0.1, 0.15) is 6.04 Å². The molecule has 0 spiro atoms. The summed E-state index contributed by atoms with van der Waals surface area (Å²) in [5.74, 6) is -0.131. The number of aryl methyl sites for hydroxylation is 1. The zero-order valence-electron chi connectivity index (χ0n) is 10.2. The first-order valence-electron chi connectivity index (χ1n) is 5.63. The lowest BCUT2D eigenvalue weighted by atomic mass is 10.2. The first-order valence-corrected chi connectivity index (χ1v) is 7.58. The maximum Gasteiger partial charge on any atom is 0.327 e. The van der Waals surface area contributed by atoms with Gasteiger partial charge in [0, 0.05) is 15.9 Å². The van der Waals surface area contributed by atoms with Crippen molar-refractivity contribution in [1.29, 1.82) is 0 Å². The third kappa shape index (κ3) is 3.22. The summed E-state index contributed by atoms with van der Waals surface area (Å²) in [6.07, 6.45) is 0. The molecule has 1 fully saturated rings. The number of carbonyl (C=O) groups is 2. The Morgan fingerprint density at radius 1 is 1.53 bits per heavy atom. The minimum atomic E-state index is -0.965. The molecule has 102 valence electrons. The van der Waals surface area contributed by atoms with Crippen molar-refractivity contribution in [2.24, 2.45) is 0 Å². The van der Waals surface area contributed by atoms with E-state index in [2.05, 4.69) is 21.2 Å². The molecule has 1 aromatic carbocycles. The number of amides is 2. The fourth-order valence-electron chi connectivity index (χ4n) is 1.80. The van der Waals surface area contributed by atoms with Crippen LogP contribution < -0.4 is 5.32 Å². The van der Waals surface area contributed by atoms with E-state index in [1.807, 2.05) is 19.1 Å². The van der Waals surface area contributed by atoms with Gasteiger partial charge in [-0.2, -0.15) is 0 Å². The van der Waals surface area contributed by atoms with Crippen molar-refractivity contribution in [3.63, 3.8) is 0 Å². The molecule has 1 aliphatic rings. The van der Waals surface area contributed by atoms with E-state index in [0.717, 1.165) is 10.0 Å². The van der Waals surface area contributed by atoms with E-state index in [-0.39, 0.29) is 6.03 Å². The summed E-state index contributed by atoms with van der Waals surface area (Å²) in [6, 6.07) is 4.39. The normalized spacial score (nSPS) is 18.4. The molecule has 2 N–H and O–H groups in total. The van der Waals surface area contributed by atoms with Crippen LogP contribution in [0.15, 0.2) is 22.7 Å².